The summed E-state index contributed by atoms with van der Waals surface area (Å²) in [5.74, 6) is 6.11. The van der Waals surface area contributed by atoms with E-state index in [-0.39, 0.29) is 0 Å². The molecular formula is C11H12BrN. The molecule has 0 heterocycles. The minimum Gasteiger partial charge on any atom is -0.377 e. The summed E-state index contributed by atoms with van der Waals surface area (Å²) in [4.78, 5) is 2.07. The lowest BCUT2D eigenvalue weighted by Crippen LogP contribution is -2.09. The Hall–Kier alpha value is -0.940. The Bertz CT molecular complexity index is 333. The molecule has 0 amide bonds. The van der Waals surface area contributed by atoms with Gasteiger partial charge < -0.3 is 4.90 Å². The van der Waals surface area contributed by atoms with Gasteiger partial charge in [0.25, 0.3) is 0 Å². The minimum absolute atomic E-state index is 0.717. The third-order valence-corrected chi connectivity index (χ3v) is 1.96. The second kappa shape index (κ2) is 4.94. The molecule has 0 aromatic heterocycles. The van der Waals surface area contributed by atoms with E-state index in [0.29, 0.717) is 0 Å². The van der Waals surface area contributed by atoms with E-state index < -0.39 is 0 Å². The van der Waals surface area contributed by atoms with Crippen molar-refractivity contribution in [3.8, 4) is 11.8 Å². The number of nitrogens with zero attached hydrogens (tertiary/aromatic N) is 1. The normalized spacial score (nSPS) is 8.85. The zero-order valence-electron chi connectivity index (χ0n) is 7.84. The van der Waals surface area contributed by atoms with Crippen molar-refractivity contribution >= 4 is 21.6 Å². The molecule has 0 atom stereocenters. The van der Waals surface area contributed by atoms with E-state index in [4.69, 9.17) is 0 Å². The summed E-state index contributed by atoms with van der Waals surface area (Å²) in [7, 11) is 4.04. The summed E-state index contributed by atoms with van der Waals surface area (Å²) >= 11 is 3.28. The van der Waals surface area contributed by atoms with Gasteiger partial charge in [-0.2, -0.15) is 0 Å². The molecule has 0 fully saturated rings. The molecule has 0 saturated carbocycles. The highest BCUT2D eigenvalue weighted by Gasteiger charge is 1.98. The molecule has 0 saturated heterocycles. The molecule has 68 valence electrons. The number of hydrogen-bond donors (Lipinski definition) is 0. The zero-order chi connectivity index (χ0) is 9.68. The molecule has 1 aromatic carbocycles. The van der Waals surface area contributed by atoms with Crippen molar-refractivity contribution in [2.24, 2.45) is 0 Å². The molecule has 0 N–H and O–H groups in total. The molecule has 1 nitrogen and oxygen atoms in total. The number of anilines is 1. The quantitative estimate of drug-likeness (QED) is 0.536. The SMILES string of the molecule is CN(C)c1ccccc1C#CCBr. The Morgan fingerprint density at radius 2 is 2.00 bits per heavy atom. The maximum absolute atomic E-state index is 3.28. The fraction of sp³-hybridized carbons (Fsp3) is 0.273. The molecule has 1 aromatic rings. The van der Waals surface area contributed by atoms with Crippen LogP contribution >= 0.6 is 15.9 Å². The first-order valence-corrected chi connectivity index (χ1v) is 5.19. The molecule has 2 heteroatoms. The fourth-order valence-corrected chi connectivity index (χ4v) is 1.24. The second-order valence-electron chi connectivity index (χ2n) is 2.85. The van der Waals surface area contributed by atoms with E-state index >= 15 is 0 Å². The highest BCUT2D eigenvalue weighted by molar-refractivity contribution is 9.09. The van der Waals surface area contributed by atoms with Crippen molar-refractivity contribution in [3.05, 3.63) is 29.8 Å². The smallest absolute Gasteiger partial charge is 0.0649 e. The van der Waals surface area contributed by atoms with E-state index in [2.05, 4.69) is 38.7 Å². The summed E-state index contributed by atoms with van der Waals surface area (Å²) in [6.07, 6.45) is 0. The summed E-state index contributed by atoms with van der Waals surface area (Å²) in [6.45, 7) is 0. The van der Waals surface area contributed by atoms with Crippen LogP contribution in [-0.2, 0) is 0 Å². The van der Waals surface area contributed by atoms with Crippen molar-refractivity contribution in [3.63, 3.8) is 0 Å². The van der Waals surface area contributed by atoms with Crippen molar-refractivity contribution in [1.29, 1.82) is 0 Å². The van der Waals surface area contributed by atoms with Crippen molar-refractivity contribution in [1.82, 2.24) is 0 Å². The van der Waals surface area contributed by atoms with E-state index in [1.807, 2.05) is 32.3 Å². The van der Waals surface area contributed by atoms with Crippen molar-refractivity contribution in [2.75, 3.05) is 24.3 Å². The van der Waals surface area contributed by atoms with Crippen LogP contribution in [0.3, 0.4) is 0 Å². The standard InChI is InChI=1S/C11H12BrN/c1-13(2)11-8-4-3-6-10(11)7-5-9-12/h3-4,6,8H,9H2,1-2H3. The van der Waals surface area contributed by atoms with Crippen LogP contribution in [0.25, 0.3) is 0 Å². The van der Waals surface area contributed by atoms with Crippen LogP contribution < -0.4 is 4.90 Å². The Labute approximate surface area is 87.9 Å². The largest absolute Gasteiger partial charge is 0.377 e. The third-order valence-electron chi connectivity index (χ3n) is 1.68. The number of alkyl halides is 1. The monoisotopic (exact) mass is 237 g/mol. The number of para-hydroxylation sites is 1. The summed E-state index contributed by atoms with van der Waals surface area (Å²) in [5, 5.41) is 0.717. The van der Waals surface area contributed by atoms with Crippen LogP contribution in [0.1, 0.15) is 5.56 Å². The highest BCUT2D eigenvalue weighted by atomic mass is 79.9. The Kier molecular flexibility index (Phi) is 3.85. The highest BCUT2D eigenvalue weighted by Crippen LogP contribution is 2.16. The second-order valence-corrected chi connectivity index (χ2v) is 3.41. The molecule has 0 aliphatic rings. The van der Waals surface area contributed by atoms with Gasteiger partial charge in [-0.25, -0.2) is 0 Å². The van der Waals surface area contributed by atoms with Gasteiger partial charge in [-0.1, -0.05) is 39.9 Å². The van der Waals surface area contributed by atoms with Gasteiger partial charge in [-0.15, -0.1) is 0 Å². The summed E-state index contributed by atoms with van der Waals surface area (Å²) in [6, 6.07) is 8.13. The van der Waals surface area contributed by atoms with E-state index in [9.17, 15) is 0 Å². The Balaban J connectivity index is 3.05. The van der Waals surface area contributed by atoms with Crippen molar-refractivity contribution in [2.45, 2.75) is 0 Å². The first-order valence-electron chi connectivity index (χ1n) is 4.07. The average Bonchev–Trinajstić information content (AvgIpc) is 2.15. The lowest BCUT2D eigenvalue weighted by Gasteiger charge is -2.13. The van der Waals surface area contributed by atoms with E-state index in [0.717, 1.165) is 16.6 Å². The Morgan fingerprint density at radius 1 is 1.31 bits per heavy atom. The van der Waals surface area contributed by atoms with Crippen molar-refractivity contribution < 1.29 is 0 Å². The maximum atomic E-state index is 3.28. The number of rotatable bonds is 1. The lowest BCUT2D eigenvalue weighted by molar-refractivity contribution is 1.13. The molecular weight excluding hydrogens is 226 g/mol. The Morgan fingerprint density at radius 3 is 2.62 bits per heavy atom. The first kappa shape index (κ1) is 10.1. The van der Waals surface area contributed by atoms with Gasteiger partial charge in [-0.05, 0) is 12.1 Å². The van der Waals surface area contributed by atoms with Crippen LogP contribution in [0.15, 0.2) is 24.3 Å². The number of hydrogen-bond acceptors (Lipinski definition) is 1. The molecule has 1 rings (SSSR count). The number of halogens is 1. The van der Waals surface area contributed by atoms with Gasteiger partial charge in [0.1, 0.15) is 0 Å². The third kappa shape index (κ3) is 2.78. The van der Waals surface area contributed by atoms with Crippen LogP contribution in [0.5, 0.6) is 0 Å². The topological polar surface area (TPSA) is 3.24 Å². The van der Waals surface area contributed by atoms with Crippen LogP contribution in [0.4, 0.5) is 5.69 Å². The predicted molar refractivity (Wildman–Crippen MR) is 61.4 cm³/mol. The van der Waals surface area contributed by atoms with Crippen LogP contribution in [-0.4, -0.2) is 19.4 Å². The predicted octanol–water partition coefficient (Wildman–Crippen LogP) is 2.50. The molecule has 0 aliphatic heterocycles. The van der Waals surface area contributed by atoms with E-state index in [1.165, 1.54) is 0 Å². The molecule has 0 aliphatic carbocycles. The van der Waals surface area contributed by atoms with Crippen LogP contribution in [0.2, 0.25) is 0 Å². The average molecular weight is 238 g/mol. The number of benzene rings is 1. The molecule has 13 heavy (non-hydrogen) atoms. The van der Waals surface area contributed by atoms with Gasteiger partial charge in [0.2, 0.25) is 0 Å². The molecule has 0 bridgehead atoms. The summed E-state index contributed by atoms with van der Waals surface area (Å²) in [5.41, 5.74) is 2.24. The van der Waals surface area contributed by atoms with Gasteiger partial charge in [0.05, 0.1) is 11.0 Å². The van der Waals surface area contributed by atoms with E-state index in [1.54, 1.807) is 0 Å². The zero-order valence-corrected chi connectivity index (χ0v) is 9.43. The van der Waals surface area contributed by atoms with Gasteiger partial charge in [-0.3, -0.25) is 0 Å². The molecule has 0 unspecified atom stereocenters. The van der Waals surface area contributed by atoms with Gasteiger partial charge in [0.15, 0.2) is 0 Å². The molecule has 0 spiro atoms. The summed E-state index contributed by atoms with van der Waals surface area (Å²) < 4.78 is 0. The minimum atomic E-state index is 0.717. The molecule has 0 radical (unpaired) electrons. The lowest BCUT2D eigenvalue weighted by atomic mass is 10.2. The first-order chi connectivity index (χ1) is 6.25. The van der Waals surface area contributed by atoms with Gasteiger partial charge >= 0.3 is 0 Å². The fourth-order valence-electron chi connectivity index (χ4n) is 1.10. The maximum Gasteiger partial charge on any atom is 0.0649 e. The van der Waals surface area contributed by atoms with Crippen LogP contribution in [0, 0.1) is 11.8 Å². The van der Waals surface area contributed by atoms with Gasteiger partial charge in [0, 0.05) is 19.7 Å².